The number of benzene rings is 1. The summed E-state index contributed by atoms with van der Waals surface area (Å²) >= 11 is 0. The monoisotopic (exact) mass is 288 g/mol. The number of piperazine rings is 1. The van der Waals surface area contributed by atoms with Crippen molar-refractivity contribution < 1.29 is 4.79 Å². The van der Waals surface area contributed by atoms with Gasteiger partial charge in [0.2, 0.25) is 5.91 Å². The molecule has 0 bridgehead atoms. The molecule has 3 heteroatoms. The summed E-state index contributed by atoms with van der Waals surface area (Å²) in [7, 11) is 0. The first-order valence-corrected chi connectivity index (χ1v) is 7.93. The van der Waals surface area contributed by atoms with Gasteiger partial charge in [-0.2, -0.15) is 0 Å². The van der Waals surface area contributed by atoms with Gasteiger partial charge in [-0.3, -0.25) is 4.79 Å². The van der Waals surface area contributed by atoms with E-state index in [2.05, 4.69) is 43.0 Å². The Bertz CT molecular complexity index is 477. The van der Waals surface area contributed by atoms with Gasteiger partial charge < -0.3 is 9.80 Å². The van der Waals surface area contributed by atoms with Crippen molar-refractivity contribution in [2.45, 2.75) is 40.5 Å². The Hall–Kier alpha value is -1.51. The summed E-state index contributed by atoms with van der Waals surface area (Å²) in [4.78, 5) is 16.7. The maximum Gasteiger partial charge on any atom is 0.228 e. The topological polar surface area (TPSA) is 23.6 Å². The van der Waals surface area contributed by atoms with Crippen LogP contribution >= 0.6 is 0 Å². The Morgan fingerprint density at radius 1 is 1.00 bits per heavy atom. The molecule has 1 aromatic rings. The highest BCUT2D eigenvalue weighted by Gasteiger charge is 2.29. The summed E-state index contributed by atoms with van der Waals surface area (Å²) in [6.45, 7) is 13.9. The summed E-state index contributed by atoms with van der Waals surface area (Å²) < 4.78 is 0. The van der Waals surface area contributed by atoms with Crippen LogP contribution < -0.4 is 4.90 Å². The van der Waals surface area contributed by atoms with Crippen molar-refractivity contribution in [3.05, 3.63) is 29.8 Å². The third-order valence-electron chi connectivity index (χ3n) is 4.13. The van der Waals surface area contributed by atoms with Gasteiger partial charge in [-0.1, -0.05) is 46.8 Å². The zero-order valence-corrected chi connectivity index (χ0v) is 14.0. The first-order chi connectivity index (χ1) is 9.79. The largest absolute Gasteiger partial charge is 0.368 e. The van der Waals surface area contributed by atoms with Crippen LogP contribution in [0.4, 0.5) is 5.69 Å². The minimum Gasteiger partial charge on any atom is -0.368 e. The van der Waals surface area contributed by atoms with E-state index in [9.17, 15) is 4.79 Å². The van der Waals surface area contributed by atoms with Crippen LogP contribution in [-0.2, 0) is 4.79 Å². The van der Waals surface area contributed by atoms with Gasteiger partial charge in [-0.25, -0.2) is 0 Å². The smallest absolute Gasteiger partial charge is 0.228 e. The summed E-state index contributed by atoms with van der Waals surface area (Å²) in [6, 6.07) is 8.84. The molecule has 0 radical (unpaired) electrons. The van der Waals surface area contributed by atoms with E-state index in [4.69, 9.17) is 0 Å². The Morgan fingerprint density at radius 2 is 1.52 bits per heavy atom. The lowest BCUT2D eigenvalue weighted by Crippen LogP contribution is -2.51. The number of hydrogen-bond acceptors (Lipinski definition) is 2. The maximum absolute atomic E-state index is 12.3. The number of carbonyl (C=O) groups excluding carboxylic acids is 1. The van der Waals surface area contributed by atoms with Crippen molar-refractivity contribution in [2.24, 2.45) is 5.41 Å². The molecule has 2 rings (SSSR count). The quantitative estimate of drug-likeness (QED) is 0.831. The number of carbonyl (C=O) groups is 1. The molecule has 116 valence electrons. The van der Waals surface area contributed by atoms with E-state index < -0.39 is 0 Å². The SMILES string of the molecule is CC(C)c1ccc(N2CCN(C(=O)C(C)(C)C)CC2)cc1. The second kappa shape index (κ2) is 6.08. The fourth-order valence-electron chi connectivity index (χ4n) is 2.71. The van der Waals surface area contributed by atoms with Gasteiger partial charge >= 0.3 is 0 Å². The molecule has 0 aliphatic carbocycles. The maximum atomic E-state index is 12.3. The first-order valence-electron chi connectivity index (χ1n) is 7.93. The third-order valence-corrected chi connectivity index (χ3v) is 4.13. The number of hydrogen-bond donors (Lipinski definition) is 0. The second-order valence-corrected chi connectivity index (χ2v) is 7.28. The van der Waals surface area contributed by atoms with Gasteiger partial charge in [0.15, 0.2) is 0 Å². The fraction of sp³-hybridized carbons (Fsp3) is 0.611. The first kappa shape index (κ1) is 15.9. The van der Waals surface area contributed by atoms with Crippen molar-refractivity contribution >= 4 is 11.6 Å². The van der Waals surface area contributed by atoms with Gasteiger partial charge in [0.1, 0.15) is 0 Å². The Kier molecular flexibility index (Phi) is 4.60. The lowest BCUT2D eigenvalue weighted by molar-refractivity contribution is -0.139. The summed E-state index contributed by atoms with van der Waals surface area (Å²) in [5, 5.41) is 0. The molecule has 0 unspecified atom stereocenters. The molecule has 1 fully saturated rings. The molecular formula is C18H28N2O. The van der Waals surface area contributed by atoms with Gasteiger partial charge in [0.05, 0.1) is 0 Å². The minimum absolute atomic E-state index is 0.261. The van der Waals surface area contributed by atoms with Crippen molar-refractivity contribution in [1.29, 1.82) is 0 Å². The van der Waals surface area contributed by atoms with E-state index in [0.29, 0.717) is 5.92 Å². The molecule has 1 aliphatic heterocycles. The molecule has 1 amide bonds. The van der Waals surface area contributed by atoms with Crippen molar-refractivity contribution in [2.75, 3.05) is 31.1 Å². The zero-order chi connectivity index (χ0) is 15.6. The van der Waals surface area contributed by atoms with E-state index in [0.717, 1.165) is 26.2 Å². The van der Waals surface area contributed by atoms with Crippen molar-refractivity contribution in [1.82, 2.24) is 4.90 Å². The normalized spacial score (nSPS) is 16.5. The molecule has 3 nitrogen and oxygen atoms in total. The van der Waals surface area contributed by atoms with E-state index >= 15 is 0 Å². The van der Waals surface area contributed by atoms with E-state index in [1.165, 1.54) is 11.3 Å². The third kappa shape index (κ3) is 3.78. The van der Waals surface area contributed by atoms with Gasteiger partial charge in [-0.05, 0) is 23.6 Å². The number of anilines is 1. The van der Waals surface area contributed by atoms with Crippen LogP contribution in [0.5, 0.6) is 0 Å². The van der Waals surface area contributed by atoms with E-state index in [1.807, 2.05) is 25.7 Å². The summed E-state index contributed by atoms with van der Waals surface area (Å²) in [5.74, 6) is 0.831. The highest BCUT2D eigenvalue weighted by atomic mass is 16.2. The predicted octanol–water partition coefficient (Wildman–Crippen LogP) is 3.50. The average molecular weight is 288 g/mol. The molecule has 0 saturated carbocycles. The number of nitrogens with zero attached hydrogens (tertiary/aromatic N) is 2. The molecule has 1 aromatic carbocycles. The minimum atomic E-state index is -0.277. The molecule has 0 aromatic heterocycles. The molecule has 0 atom stereocenters. The molecule has 1 aliphatic rings. The summed E-state index contributed by atoms with van der Waals surface area (Å²) in [6.07, 6.45) is 0. The van der Waals surface area contributed by atoms with Crippen molar-refractivity contribution in [3.8, 4) is 0 Å². The summed E-state index contributed by atoms with van der Waals surface area (Å²) in [5.41, 5.74) is 2.36. The lowest BCUT2D eigenvalue weighted by Gasteiger charge is -2.38. The zero-order valence-electron chi connectivity index (χ0n) is 14.0. The average Bonchev–Trinajstić information content (AvgIpc) is 2.46. The molecule has 0 spiro atoms. The van der Waals surface area contributed by atoms with E-state index in [1.54, 1.807) is 0 Å². The van der Waals surface area contributed by atoms with E-state index in [-0.39, 0.29) is 11.3 Å². The molecule has 0 N–H and O–H groups in total. The highest BCUT2D eigenvalue weighted by Crippen LogP contribution is 2.23. The lowest BCUT2D eigenvalue weighted by atomic mass is 9.94. The van der Waals surface area contributed by atoms with Crippen LogP contribution in [0.15, 0.2) is 24.3 Å². The van der Waals surface area contributed by atoms with Crippen LogP contribution in [0.25, 0.3) is 0 Å². The standard InChI is InChI=1S/C18H28N2O/c1-14(2)15-6-8-16(9-7-15)19-10-12-20(13-11-19)17(21)18(3,4)5/h6-9,14H,10-13H2,1-5H3. The van der Waals surface area contributed by atoms with Crippen LogP contribution in [0, 0.1) is 5.41 Å². The molecular weight excluding hydrogens is 260 g/mol. The highest BCUT2D eigenvalue weighted by molar-refractivity contribution is 5.81. The number of rotatable bonds is 2. The molecule has 1 heterocycles. The molecule has 21 heavy (non-hydrogen) atoms. The van der Waals surface area contributed by atoms with Crippen LogP contribution in [0.2, 0.25) is 0 Å². The van der Waals surface area contributed by atoms with Crippen LogP contribution in [-0.4, -0.2) is 37.0 Å². The van der Waals surface area contributed by atoms with Crippen LogP contribution in [0.3, 0.4) is 0 Å². The van der Waals surface area contributed by atoms with Gasteiger partial charge in [-0.15, -0.1) is 0 Å². The van der Waals surface area contributed by atoms with Crippen molar-refractivity contribution in [3.63, 3.8) is 0 Å². The Balaban J connectivity index is 1.96. The molecule has 1 saturated heterocycles. The number of amides is 1. The van der Waals surface area contributed by atoms with Gasteiger partial charge in [0, 0.05) is 37.3 Å². The second-order valence-electron chi connectivity index (χ2n) is 7.28. The fourth-order valence-corrected chi connectivity index (χ4v) is 2.71. The Morgan fingerprint density at radius 3 is 1.95 bits per heavy atom. The Labute approximate surface area is 128 Å². The van der Waals surface area contributed by atoms with Gasteiger partial charge in [0.25, 0.3) is 0 Å². The van der Waals surface area contributed by atoms with Crippen LogP contribution in [0.1, 0.15) is 46.1 Å². The predicted molar refractivity (Wildman–Crippen MR) is 88.8 cm³/mol.